The molecule has 0 unspecified atom stereocenters. The maximum Gasteiger partial charge on any atom is 0.252 e. The molecule has 0 fully saturated rings. The molecule has 0 atom stereocenters. The summed E-state index contributed by atoms with van der Waals surface area (Å²) >= 11 is 0. The normalized spacial score (nSPS) is 11.3. The molecule has 0 heterocycles. The van der Waals surface area contributed by atoms with Crippen LogP contribution in [0.4, 0.5) is 0 Å². The van der Waals surface area contributed by atoms with Crippen LogP contribution in [-0.2, 0) is 0 Å². The summed E-state index contributed by atoms with van der Waals surface area (Å²) in [5, 5.41) is 2.93. The first-order valence-corrected chi connectivity index (χ1v) is 5.46. The predicted molar refractivity (Wildman–Crippen MR) is 66.5 cm³/mol. The number of aryl methyl sites for hydroxylation is 1. The molecule has 1 rings (SSSR count). The van der Waals surface area contributed by atoms with Crippen molar-refractivity contribution in [1.29, 1.82) is 0 Å². The lowest BCUT2D eigenvalue weighted by Gasteiger charge is -2.24. The molecule has 0 aliphatic carbocycles. The Balaban J connectivity index is 2.94. The predicted octanol–water partition coefficient (Wildman–Crippen LogP) is 1.77. The molecule has 1 aromatic rings. The molecule has 1 amide bonds. The second kappa shape index (κ2) is 4.66. The summed E-state index contributed by atoms with van der Waals surface area (Å²) in [5.74, 6) is -0.0587. The van der Waals surface area contributed by atoms with Gasteiger partial charge < -0.3 is 11.1 Å². The smallest absolute Gasteiger partial charge is 0.252 e. The van der Waals surface area contributed by atoms with Gasteiger partial charge >= 0.3 is 0 Å². The number of rotatable bonds is 3. The van der Waals surface area contributed by atoms with E-state index >= 15 is 0 Å². The van der Waals surface area contributed by atoms with Crippen LogP contribution in [0.1, 0.15) is 35.3 Å². The van der Waals surface area contributed by atoms with Crippen LogP contribution in [0.2, 0.25) is 0 Å². The topological polar surface area (TPSA) is 55.1 Å². The Bertz CT molecular complexity index is 397. The first kappa shape index (κ1) is 12.7. The van der Waals surface area contributed by atoms with Crippen LogP contribution >= 0.6 is 0 Å². The summed E-state index contributed by atoms with van der Waals surface area (Å²) in [6.07, 6.45) is 0. The Morgan fingerprint density at radius 3 is 2.56 bits per heavy atom. The van der Waals surface area contributed by atoms with E-state index in [-0.39, 0.29) is 11.4 Å². The maximum atomic E-state index is 12.0. The average Bonchev–Trinajstić information content (AvgIpc) is 2.21. The van der Waals surface area contributed by atoms with E-state index in [1.54, 1.807) is 0 Å². The number of nitrogens with one attached hydrogen (secondary N) is 1. The largest absolute Gasteiger partial charge is 0.346 e. The molecule has 88 valence electrons. The lowest BCUT2D eigenvalue weighted by molar-refractivity contribution is 0.0915. The number of carbonyl (C=O) groups is 1. The Morgan fingerprint density at radius 2 is 2.00 bits per heavy atom. The molecule has 3 nitrogen and oxygen atoms in total. The summed E-state index contributed by atoms with van der Waals surface area (Å²) in [6.45, 7) is 8.20. The van der Waals surface area contributed by atoms with E-state index in [0.29, 0.717) is 6.54 Å². The van der Waals surface area contributed by atoms with Crippen molar-refractivity contribution in [2.45, 2.75) is 33.2 Å². The van der Waals surface area contributed by atoms with Crippen LogP contribution in [0.3, 0.4) is 0 Å². The molecule has 0 spiro atoms. The summed E-state index contributed by atoms with van der Waals surface area (Å²) in [7, 11) is 0. The molecule has 0 bridgehead atoms. The van der Waals surface area contributed by atoms with Crippen LogP contribution in [0.25, 0.3) is 0 Å². The lowest BCUT2D eigenvalue weighted by atomic mass is 10.0. The summed E-state index contributed by atoms with van der Waals surface area (Å²) in [5.41, 5.74) is 8.09. The zero-order valence-electron chi connectivity index (χ0n) is 10.4. The standard InChI is InChI=1S/C13H20N2O/c1-9-6-5-7-11(10(9)2)12(16)15-13(3,4)8-14/h5-7H,8,14H2,1-4H3,(H,15,16). The number of benzene rings is 1. The minimum Gasteiger partial charge on any atom is -0.346 e. The summed E-state index contributed by atoms with van der Waals surface area (Å²) in [6, 6.07) is 5.73. The highest BCUT2D eigenvalue weighted by molar-refractivity contribution is 5.96. The Labute approximate surface area is 97.0 Å². The van der Waals surface area contributed by atoms with Crippen molar-refractivity contribution in [3.63, 3.8) is 0 Å². The van der Waals surface area contributed by atoms with Gasteiger partial charge in [-0.1, -0.05) is 12.1 Å². The molecule has 3 heteroatoms. The SMILES string of the molecule is Cc1cccc(C(=O)NC(C)(C)CN)c1C. The second-order valence-corrected chi connectivity index (χ2v) is 4.79. The van der Waals surface area contributed by atoms with Crippen LogP contribution in [0.5, 0.6) is 0 Å². The number of nitrogens with two attached hydrogens (primary N) is 1. The van der Waals surface area contributed by atoms with E-state index < -0.39 is 0 Å². The molecule has 16 heavy (non-hydrogen) atoms. The van der Waals surface area contributed by atoms with Crippen LogP contribution < -0.4 is 11.1 Å². The average molecular weight is 220 g/mol. The number of hydrogen-bond acceptors (Lipinski definition) is 2. The van der Waals surface area contributed by atoms with Crippen molar-refractivity contribution >= 4 is 5.91 Å². The van der Waals surface area contributed by atoms with Crippen molar-refractivity contribution < 1.29 is 4.79 Å². The van der Waals surface area contributed by atoms with Gasteiger partial charge in [-0.3, -0.25) is 4.79 Å². The van der Waals surface area contributed by atoms with Gasteiger partial charge in [0.15, 0.2) is 0 Å². The summed E-state index contributed by atoms with van der Waals surface area (Å²) < 4.78 is 0. The van der Waals surface area contributed by atoms with Crippen molar-refractivity contribution in [3.8, 4) is 0 Å². The third-order valence-corrected chi connectivity index (χ3v) is 2.81. The molecule has 0 radical (unpaired) electrons. The second-order valence-electron chi connectivity index (χ2n) is 4.79. The zero-order valence-corrected chi connectivity index (χ0v) is 10.4. The Morgan fingerprint density at radius 1 is 1.38 bits per heavy atom. The van der Waals surface area contributed by atoms with E-state index in [1.807, 2.05) is 45.9 Å². The van der Waals surface area contributed by atoms with Gasteiger partial charge in [0.25, 0.3) is 5.91 Å². The third kappa shape index (κ3) is 2.83. The van der Waals surface area contributed by atoms with Crippen molar-refractivity contribution in [1.82, 2.24) is 5.32 Å². The first-order chi connectivity index (χ1) is 7.37. The van der Waals surface area contributed by atoms with Crippen LogP contribution in [0.15, 0.2) is 18.2 Å². The van der Waals surface area contributed by atoms with Crippen LogP contribution in [0, 0.1) is 13.8 Å². The number of amides is 1. The minimum absolute atomic E-state index is 0.0587. The van der Waals surface area contributed by atoms with Crippen molar-refractivity contribution in [2.24, 2.45) is 5.73 Å². The third-order valence-electron chi connectivity index (χ3n) is 2.81. The quantitative estimate of drug-likeness (QED) is 0.815. The van der Waals surface area contributed by atoms with Gasteiger partial charge in [-0.05, 0) is 44.9 Å². The van der Waals surface area contributed by atoms with Gasteiger partial charge in [0.1, 0.15) is 0 Å². The highest BCUT2D eigenvalue weighted by Gasteiger charge is 2.20. The number of carbonyl (C=O) groups excluding carboxylic acids is 1. The van der Waals surface area contributed by atoms with E-state index in [4.69, 9.17) is 5.73 Å². The van der Waals surface area contributed by atoms with Gasteiger partial charge in [-0.15, -0.1) is 0 Å². The van der Waals surface area contributed by atoms with E-state index in [1.165, 1.54) is 0 Å². The molecule has 1 aromatic carbocycles. The molecular weight excluding hydrogens is 200 g/mol. The summed E-state index contributed by atoms with van der Waals surface area (Å²) in [4.78, 5) is 12.0. The van der Waals surface area contributed by atoms with Gasteiger partial charge in [0.05, 0.1) is 0 Å². The minimum atomic E-state index is -0.368. The first-order valence-electron chi connectivity index (χ1n) is 5.46. The molecule has 0 aromatic heterocycles. The highest BCUT2D eigenvalue weighted by atomic mass is 16.1. The van der Waals surface area contributed by atoms with Gasteiger partial charge in [0, 0.05) is 17.6 Å². The van der Waals surface area contributed by atoms with E-state index in [9.17, 15) is 4.79 Å². The van der Waals surface area contributed by atoms with Gasteiger partial charge in [-0.2, -0.15) is 0 Å². The molecule has 3 N–H and O–H groups in total. The van der Waals surface area contributed by atoms with E-state index in [0.717, 1.165) is 16.7 Å². The zero-order chi connectivity index (χ0) is 12.3. The molecule has 0 saturated carbocycles. The fourth-order valence-corrected chi connectivity index (χ4v) is 1.42. The Kier molecular flexibility index (Phi) is 3.70. The maximum absolute atomic E-state index is 12.0. The molecule has 0 saturated heterocycles. The molecule has 0 aliphatic heterocycles. The fraction of sp³-hybridized carbons (Fsp3) is 0.462. The van der Waals surface area contributed by atoms with E-state index in [2.05, 4.69) is 5.32 Å². The highest BCUT2D eigenvalue weighted by Crippen LogP contribution is 2.13. The van der Waals surface area contributed by atoms with Crippen molar-refractivity contribution in [3.05, 3.63) is 34.9 Å². The Hall–Kier alpha value is -1.35. The fourth-order valence-electron chi connectivity index (χ4n) is 1.42. The molecule has 0 aliphatic rings. The van der Waals surface area contributed by atoms with Crippen LogP contribution in [-0.4, -0.2) is 18.0 Å². The molecular formula is C13H20N2O. The van der Waals surface area contributed by atoms with Gasteiger partial charge in [-0.25, -0.2) is 0 Å². The monoisotopic (exact) mass is 220 g/mol. The van der Waals surface area contributed by atoms with Gasteiger partial charge in [0.2, 0.25) is 0 Å². The van der Waals surface area contributed by atoms with Crippen molar-refractivity contribution in [2.75, 3.05) is 6.54 Å². The lowest BCUT2D eigenvalue weighted by Crippen LogP contribution is -2.49. The number of hydrogen-bond donors (Lipinski definition) is 2.